The highest BCUT2D eigenvalue weighted by atomic mass is 16.5. The van der Waals surface area contributed by atoms with Crippen LogP contribution in [0.25, 0.3) is 0 Å². The van der Waals surface area contributed by atoms with Crippen molar-refractivity contribution >= 4 is 59.2 Å². The average molecular weight is 564 g/mol. The monoisotopic (exact) mass is 564 g/mol. The van der Waals surface area contributed by atoms with Gasteiger partial charge in [-0.25, -0.2) is 14.6 Å². The lowest BCUT2D eigenvalue weighted by Gasteiger charge is -2.58. The van der Waals surface area contributed by atoms with Gasteiger partial charge >= 0.3 is 11.9 Å². The Morgan fingerprint density at radius 3 is 1.18 bits per heavy atom. The van der Waals surface area contributed by atoms with Gasteiger partial charge in [-0.15, -0.1) is 0 Å². The molecule has 0 aromatic carbocycles. The van der Waals surface area contributed by atoms with E-state index in [9.17, 15) is 58.2 Å². The van der Waals surface area contributed by atoms with Gasteiger partial charge in [-0.05, 0) is 0 Å². The maximum Gasteiger partial charge on any atom is 0.359 e. The lowest BCUT2D eigenvalue weighted by atomic mass is 9.81. The summed E-state index contributed by atoms with van der Waals surface area (Å²) in [6.07, 6.45) is -6.51. The van der Waals surface area contributed by atoms with Crippen LogP contribution in [0.5, 0.6) is 0 Å². The van der Waals surface area contributed by atoms with Crippen molar-refractivity contribution in [3.63, 3.8) is 0 Å². The summed E-state index contributed by atoms with van der Waals surface area (Å²) in [7, 11) is 0. The van der Waals surface area contributed by atoms with Crippen LogP contribution in [-0.4, -0.2) is 114 Å². The van der Waals surface area contributed by atoms with Crippen molar-refractivity contribution in [2.24, 2.45) is 0 Å². The second kappa shape index (κ2) is 10.2. The third-order valence-electron chi connectivity index (χ3n) is 7.16. The first kappa shape index (κ1) is 28.5. The summed E-state index contributed by atoms with van der Waals surface area (Å²) in [6.45, 7) is -1.76. The molecule has 0 aromatic rings. The number of carboxylic acid groups (broad SMARTS) is 1. The van der Waals surface area contributed by atoms with E-state index in [1.54, 1.807) is 0 Å². The first-order valence-corrected chi connectivity index (χ1v) is 12.3. The molecule has 0 saturated carbocycles. The predicted molar refractivity (Wildman–Crippen MR) is 120 cm³/mol. The molecule has 8 amide bonds. The first-order valence-electron chi connectivity index (χ1n) is 12.3. The van der Waals surface area contributed by atoms with Crippen molar-refractivity contribution in [3.8, 4) is 0 Å². The summed E-state index contributed by atoms with van der Waals surface area (Å²) in [6, 6.07) is 0. The SMILES string of the molecule is O=C(O)CC(N1C(=O)CCC1=O)(N1C(=O)CCC1=O)C(C(=O)OCCO)(N1C(=O)CCC1=O)N1C(=O)CCC1=O. The van der Waals surface area contributed by atoms with E-state index in [1.165, 1.54) is 0 Å². The van der Waals surface area contributed by atoms with Crippen LogP contribution in [0.15, 0.2) is 0 Å². The number of carbonyl (C=O) groups is 10. The van der Waals surface area contributed by atoms with Crippen molar-refractivity contribution in [2.75, 3.05) is 13.2 Å². The summed E-state index contributed by atoms with van der Waals surface area (Å²) in [5, 5.41) is 19.5. The number of carboxylic acids is 1. The van der Waals surface area contributed by atoms with Gasteiger partial charge in [0, 0.05) is 51.4 Å². The number of likely N-dealkylation sites (tertiary alicyclic amines) is 4. The standard InChI is InChI=1S/C23H24N4O13/c28-9-10-40-21(39)23(26-16(33)5-6-17(26)34,27-18(35)7-8-19(27)36)22(11-20(37)38,24-12(29)1-2-13(24)30)25-14(31)3-4-15(25)32/h28H,1-11H2,(H,37,38). The van der Waals surface area contributed by atoms with Gasteiger partial charge < -0.3 is 14.9 Å². The zero-order valence-electron chi connectivity index (χ0n) is 21.0. The quantitative estimate of drug-likeness (QED) is 0.199. The van der Waals surface area contributed by atoms with Gasteiger partial charge in [-0.1, -0.05) is 0 Å². The number of nitrogens with zero attached hydrogens (tertiary/aromatic N) is 4. The van der Waals surface area contributed by atoms with Gasteiger partial charge in [0.15, 0.2) is 5.66 Å². The summed E-state index contributed by atoms with van der Waals surface area (Å²) in [4.78, 5) is 134. The second-order valence-electron chi connectivity index (χ2n) is 9.41. The molecular weight excluding hydrogens is 540 g/mol. The molecule has 0 aliphatic carbocycles. The van der Waals surface area contributed by atoms with Crippen LogP contribution in [-0.2, 0) is 52.7 Å². The maximum absolute atomic E-state index is 14.2. The van der Waals surface area contributed by atoms with Crippen LogP contribution < -0.4 is 0 Å². The fourth-order valence-electron chi connectivity index (χ4n) is 5.80. The Hall–Kier alpha value is -4.54. The van der Waals surface area contributed by atoms with Gasteiger partial charge in [0.05, 0.1) is 13.0 Å². The highest BCUT2D eigenvalue weighted by molar-refractivity contribution is 6.16. The number of rotatable bonds is 10. The summed E-state index contributed by atoms with van der Waals surface area (Å²) < 4.78 is 5.05. The van der Waals surface area contributed by atoms with Gasteiger partial charge in [-0.3, -0.25) is 53.0 Å². The topological polar surface area (TPSA) is 233 Å². The van der Waals surface area contributed by atoms with E-state index in [2.05, 4.69) is 0 Å². The molecule has 17 nitrogen and oxygen atoms in total. The lowest BCUT2D eigenvalue weighted by Crippen LogP contribution is -2.88. The van der Waals surface area contributed by atoms with Crippen LogP contribution in [0.4, 0.5) is 0 Å². The minimum Gasteiger partial charge on any atom is -0.481 e. The fraction of sp³-hybridized carbons (Fsp3) is 0.565. The molecule has 4 saturated heterocycles. The highest BCUT2D eigenvalue weighted by Gasteiger charge is 2.79. The van der Waals surface area contributed by atoms with Crippen molar-refractivity contribution in [3.05, 3.63) is 0 Å². The largest absolute Gasteiger partial charge is 0.481 e. The Labute approximate surface area is 224 Å². The highest BCUT2D eigenvalue weighted by Crippen LogP contribution is 2.50. The van der Waals surface area contributed by atoms with Crippen LogP contribution in [0.1, 0.15) is 57.8 Å². The fourth-order valence-corrected chi connectivity index (χ4v) is 5.80. The zero-order valence-corrected chi connectivity index (χ0v) is 21.0. The van der Waals surface area contributed by atoms with Crippen molar-refractivity contribution in [1.82, 2.24) is 19.6 Å². The van der Waals surface area contributed by atoms with Crippen LogP contribution in [0, 0.1) is 0 Å². The molecule has 0 spiro atoms. The molecule has 4 heterocycles. The molecule has 17 heteroatoms. The zero-order chi connectivity index (χ0) is 29.6. The number of amides is 8. The Morgan fingerprint density at radius 1 is 0.600 bits per heavy atom. The third-order valence-corrected chi connectivity index (χ3v) is 7.16. The molecule has 4 fully saturated rings. The average Bonchev–Trinajstić information content (AvgIpc) is 3.61. The van der Waals surface area contributed by atoms with Gasteiger partial charge in [-0.2, -0.15) is 0 Å². The Morgan fingerprint density at radius 2 is 0.900 bits per heavy atom. The van der Waals surface area contributed by atoms with E-state index in [0.29, 0.717) is 0 Å². The minimum atomic E-state index is -3.67. The Balaban J connectivity index is 2.27. The van der Waals surface area contributed by atoms with Crippen LogP contribution in [0.2, 0.25) is 0 Å². The second-order valence-corrected chi connectivity index (χ2v) is 9.41. The normalized spacial score (nSPS) is 20.6. The number of imide groups is 4. The molecule has 4 aliphatic heterocycles. The number of aliphatic hydroxyl groups is 1. The van der Waals surface area contributed by atoms with E-state index >= 15 is 0 Å². The van der Waals surface area contributed by atoms with Crippen molar-refractivity contribution in [1.29, 1.82) is 0 Å². The summed E-state index contributed by atoms with van der Waals surface area (Å²) >= 11 is 0. The molecule has 0 aromatic heterocycles. The molecule has 2 N–H and O–H groups in total. The Kier molecular flexibility index (Phi) is 7.27. The van der Waals surface area contributed by atoms with Crippen molar-refractivity contribution < 1.29 is 62.9 Å². The molecule has 40 heavy (non-hydrogen) atoms. The smallest absolute Gasteiger partial charge is 0.359 e. The first-order chi connectivity index (χ1) is 18.9. The number of hydrogen-bond acceptors (Lipinski definition) is 12. The minimum absolute atomic E-state index is 0.0501. The molecule has 0 bridgehead atoms. The van der Waals surface area contributed by atoms with Crippen LogP contribution >= 0.6 is 0 Å². The third kappa shape index (κ3) is 3.87. The number of aliphatic hydroxyl groups excluding tert-OH is 1. The van der Waals surface area contributed by atoms with Crippen molar-refractivity contribution in [2.45, 2.75) is 69.1 Å². The lowest BCUT2D eigenvalue weighted by molar-refractivity contribution is -0.228. The van der Waals surface area contributed by atoms with E-state index in [4.69, 9.17) is 4.74 Å². The summed E-state index contributed by atoms with van der Waals surface area (Å²) in [5.41, 5.74) is -7.13. The van der Waals surface area contributed by atoms with Crippen LogP contribution in [0.3, 0.4) is 0 Å². The molecule has 214 valence electrons. The number of esters is 1. The maximum atomic E-state index is 14.2. The van der Waals surface area contributed by atoms with Gasteiger partial charge in [0.2, 0.25) is 47.3 Å². The molecule has 0 unspecified atom stereocenters. The number of carbonyl (C=O) groups excluding carboxylic acids is 9. The van der Waals surface area contributed by atoms with Gasteiger partial charge in [0.1, 0.15) is 6.61 Å². The number of aliphatic carboxylic acids is 1. The predicted octanol–water partition coefficient (Wildman–Crippen LogP) is -3.01. The molecule has 0 radical (unpaired) electrons. The number of hydrogen-bond donors (Lipinski definition) is 2. The Bertz CT molecular complexity index is 1140. The molecule has 4 rings (SSSR count). The van der Waals surface area contributed by atoms with E-state index < -0.39 is 142 Å². The molecular formula is C23H24N4O13. The van der Waals surface area contributed by atoms with Gasteiger partial charge in [0.25, 0.3) is 5.66 Å². The summed E-state index contributed by atoms with van der Waals surface area (Å²) in [5.74, 6) is -13.7. The van der Waals surface area contributed by atoms with E-state index in [1.807, 2.05) is 0 Å². The molecule has 0 atom stereocenters. The van der Waals surface area contributed by atoms with E-state index in [0.717, 1.165) is 0 Å². The van der Waals surface area contributed by atoms with E-state index in [-0.39, 0.29) is 19.6 Å². The number of ether oxygens (including phenoxy) is 1. The molecule has 4 aliphatic rings.